The lowest BCUT2D eigenvalue weighted by Gasteiger charge is -2.02. The molecule has 0 bridgehead atoms. The van der Waals surface area contributed by atoms with E-state index in [1.807, 2.05) is 6.92 Å². The van der Waals surface area contributed by atoms with Crippen molar-refractivity contribution in [3.05, 3.63) is 11.3 Å². The maximum Gasteiger partial charge on any atom is 0.302 e. The van der Waals surface area contributed by atoms with Crippen LogP contribution in [0.25, 0.3) is 0 Å². The third kappa shape index (κ3) is 3.95. The number of nitrogens with two attached hydrogens (primary N) is 1. The van der Waals surface area contributed by atoms with E-state index in [-0.39, 0.29) is 5.97 Å². The quantitative estimate of drug-likeness (QED) is 0.582. The van der Waals surface area contributed by atoms with Crippen molar-refractivity contribution in [1.29, 1.82) is 0 Å². The highest BCUT2D eigenvalue weighted by Gasteiger charge is 1.95. The first-order chi connectivity index (χ1) is 4.54. The van der Waals surface area contributed by atoms with Gasteiger partial charge in [0.25, 0.3) is 0 Å². The zero-order valence-corrected chi connectivity index (χ0v) is 6.60. The minimum absolute atomic E-state index is 0.277. The molecule has 0 amide bonds. The van der Waals surface area contributed by atoms with E-state index in [1.54, 1.807) is 6.92 Å². The van der Waals surface area contributed by atoms with Crippen LogP contribution in [-0.2, 0) is 9.53 Å². The fourth-order valence-electron chi connectivity index (χ4n) is 0.324. The second-order valence-corrected chi connectivity index (χ2v) is 2.24. The summed E-state index contributed by atoms with van der Waals surface area (Å²) in [6.07, 6.45) is 0. The fourth-order valence-corrected chi connectivity index (χ4v) is 0.324. The van der Waals surface area contributed by atoms with Gasteiger partial charge in [-0.25, -0.2) is 0 Å². The molecule has 3 heteroatoms. The largest absolute Gasteiger partial charge is 0.461 e. The first kappa shape index (κ1) is 9.01. The Morgan fingerprint density at radius 1 is 1.40 bits per heavy atom. The first-order valence-electron chi connectivity index (χ1n) is 3.09. The van der Waals surface area contributed by atoms with Gasteiger partial charge < -0.3 is 10.5 Å². The van der Waals surface area contributed by atoms with Gasteiger partial charge in [0.05, 0.1) is 0 Å². The lowest BCUT2D eigenvalue weighted by Crippen LogP contribution is -2.05. The van der Waals surface area contributed by atoms with Crippen LogP contribution in [0.5, 0.6) is 0 Å². The van der Waals surface area contributed by atoms with Gasteiger partial charge in [0.1, 0.15) is 6.61 Å². The average molecular weight is 143 g/mol. The van der Waals surface area contributed by atoms with Gasteiger partial charge in [0.2, 0.25) is 0 Å². The van der Waals surface area contributed by atoms with Gasteiger partial charge in [-0.05, 0) is 19.4 Å². The lowest BCUT2D eigenvalue weighted by molar-refractivity contribution is -0.139. The molecule has 0 radical (unpaired) electrons. The Labute approximate surface area is 60.9 Å². The van der Waals surface area contributed by atoms with E-state index in [4.69, 9.17) is 5.73 Å². The normalized spacial score (nSPS) is 12.3. The van der Waals surface area contributed by atoms with Crippen molar-refractivity contribution in [2.75, 3.05) is 6.61 Å². The van der Waals surface area contributed by atoms with Gasteiger partial charge >= 0.3 is 5.97 Å². The Balaban J connectivity index is 3.71. The number of esters is 1. The van der Waals surface area contributed by atoms with Gasteiger partial charge in [-0.2, -0.15) is 0 Å². The second-order valence-electron chi connectivity index (χ2n) is 2.24. The van der Waals surface area contributed by atoms with E-state index in [1.165, 1.54) is 6.92 Å². The van der Waals surface area contributed by atoms with Crippen LogP contribution in [-0.4, -0.2) is 12.6 Å². The summed E-state index contributed by atoms with van der Waals surface area (Å²) in [7, 11) is 0. The van der Waals surface area contributed by atoms with Crippen LogP contribution in [0.3, 0.4) is 0 Å². The highest BCUT2D eigenvalue weighted by atomic mass is 16.5. The molecule has 0 aliphatic heterocycles. The minimum atomic E-state index is -0.277. The summed E-state index contributed by atoms with van der Waals surface area (Å²) in [5, 5.41) is 0. The van der Waals surface area contributed by atoms with E-state index < -0.39 is 0 Å². The molecule has 2 N–H and O–H groups in total. The third-order valence-corrected chi connectivity index (χ3v) is 1.17. The molecular weight excluding hydrogens is 130 g/mol. The number of carbonyl (C=O) groups excluding carboxylic acids is 1. The van der Waals surface area contributed by atoms with E-state index >= 15 is 0 Å². The Morgan fingerprint density at radius 3 is 2.20 bits per heavy atom. The zero-order valence-electron chi connectivity index (χ0n) is 6.60. The van der Waals surface area contributed by atoms with Gasteiger partial charge in [0, 0.05) is 12.6 Å². The molecule has 0 heterocycles. The first-order valence-corrected chi connectivity index (χ1v) is 3.09. The predicted octanol–water partition coefficient (Wildman–Crippen LogP) is 0.802. The summed E-state index contributed by atoms with van der Waals surface area (Å²) >= 11 is 0. The van der Waals surface area contributed by atoms with Gasteiger partial charge in [0.15, 0.2) is 0 Å². The van der Waals surface area contributed by atoms with Crippen LogP contribution in [0.15, 0.2) is 11.3 Å². The van der Waals surface area contributed by atoms with Crippen molar-refractivity contribution in [2.45, 2.75) is 20.8 Å². The molecule has 0 atom stereocenters. The van der Waals surface area contributed by atoms with Gasteiger partial charge in [-0.15, -0.1) is 0 Å². The Morgan fingerprint density at radius 2 is 1.90 bits per heavy atom. The topological polar surface area (TPSA) is 52.3 Å². The number of allylic oxidation sites excluding steroid dienone is 1. The molecule has 0 aromatic heterocycles. The minimum Gasteiger partial charge on any atom is -0.461 e. The molecule has 10 heavy (non-hydrogen) atoms. The van der Waals surface area contributed by atoms with Gasteiger partial charge in [-0.1, -0.05) is 0 Å². The second kappa shape index (κ2) is 3.93. The molecular formula is C7H13NO2. The molecule has 0 aromatic rings. The Kier molecular flexibility index (Phi) is 3.54. The molecule has 0 aromatic carbocycles. The standard InChI is InChI=1S/C7H13NO2/c1-5(6(2)8)4-10-7(3)9/h4,8H2,1-3H3/b6-5-. The van der Waals surface area contributed by atoms with E-state index in [9.17, 15) is 4.79 Å². The molecule has 58 valence electrons. The molecule has 0 saturated heterocycles. The number of hydrogen-bond donors (Lipinski definition) is 1. The number of hydrogen-bond acceptors (Lipinski definition) is 3. The Bertz CT molecular complexity index is 157. The van der Waals surface area contributed by atoms with Crippen molar-refractivity contribution < 1.29 is 9.53 Å². The highest BCUT2D eigenvalue weighted by molar-refractivity contribution is 5.66. The summed E-state index contributed by atoms with van der Waals surface area (Å²) < 4.78 is 4.69. The van der Waals surface area contributed by atoms with Crippen molar-refractivity contribution in [3.8, 4) is 0 Å². The van der Waals surface area contributed by atoms with Crippen molar-refractivity contribution >= 4 is 5.97 Å². The van der Waals surface area contributed by atoms with E-state index in [2.05, 4.69) is 4.74 Å². The van der Waals surface area contributed by atoms with Crippen LogP contribution < -0.4 is 5.73 Å². The van der Waals surface area contributed by atoms with Crippen LogP contribution in [0, 0.1) is 0 Å². The third-order valence-electron chi connectivity index (χ3n) is 1.17. The van der Waals surface area contributed by atoms with Crippen LogP contribution >= 0.6 is 0 Å². The molecule has 0 aliphatic rings. The van der Waals surface area contributed by atoms with E-state index in [0.29, 0.717) is 12.3 Å². The van der Waals surface area contributed by atoms with Crippen molar-refractivity contribution in [2.24, 2.45) is 5.73 Å². The number of ether oxygens (including phenoxy) is 1. The molecule has 0 saturated carbocycles. The van der Waals surface area contributed by atoms with Crippen LogP contribution in [0.1, 0.15) is 20.8 Å². The van der Waals surface area contributed by atoms with Gasteiger partial charge in [-0.3, -0.25) is 4.79 Å². The summed E-state index contributed by atoms with van der Waals surface area (Å²) in [6.45, 7) is 5.29. The number of rotatable bonds is 2. The predicted molar refractivity (Wildman–Crippen MR) is 39.2 cm³/mol. The molecule has 0 spiro atoms. The maximum atomic E-state index is 10.3. The molecule has 0 aliphatic carbocycles. The zero-order chi connectivity index (χ0) is 8.15. The van der Waals surface area contributed by atoms with Crippen molar-refractivity contribution in [1.82, 2.24) is 0 Å². The molecule has 0 unspecified atom stereocenters. The molecule has 0 rings (SSSR count). The summed E-state index contributed by atoms with van der Waals surface area (Å²) in [5.41, 5.74) is 7.02. The molecule has 0 fully saturated rings. The monoisotopic (exact) mass is 143 g/mol. The number of carbonyl (C=O) groups is 1. The Hall–Kier alpha value is -0.990. The van der Waals surface area contributed by atoms with Crippen LogP contribution in [0.4, 0.5) is 0 Å². The lowest BCUT2D eigenvalue weighted by atomic mass is 10.3. The maximum absolute atomic E-state index is 10.3. The summed E-state index contributed by atoms with van der Waals surface area (Å²) in [6, 6.07) is 0. The smallest absolute Gasteiger partial charge is 0.302 e. The van der Waals surface area contributed by atoms with Crippen molar-refractivity contribution in [3.63, 3.8) is 0 Å². The summed E-state index contributed by atoms with van der Waals surface area (Å²) in [4.78, 5) is 10.3. The highest BCUT2D eigenvalue weighted by Crippen LogP contribution is 1.96. The van der Waals surface area contributed by atoms with Crippen LogP contribution in [0.2, 0.25) is 0 Å². The fraction of sp³-hybridized carbons (Fsp3) is 0.571. The van der Waals surface area contributed by atoms with E-state index in [0.717, 1.165) is 5.57 Å². The molecule has 3 nitrogen and oxygen atoms in total. The SMILES string of the molecule is CC(=O)OC/C(C)=C(/C)N. The summed E-state index contributed by atoms with van der Waals surface area (Å²) in [5.74, 6) is -0.277. The average Bonchev–Trinajstić information content (AvgIpc) is 1.82.